The summed E-state index contributed by atoms with van der Waals surface area (Å²) in [7, 11) is 0. The smallest absolute Gasteiger partial charge is 0.305 e. The third kappa shape index (κ3) is 3.37. The van der Waals surface area contributed by atoms with Crippen molar-refractivity contribution in [2.45, 2.75) is 26.6 Å². The summed E-state index contributed by atoms with van der Waals surface area (Å²) in [5.41, 5.74) is -0.726. The summed E-state index contributed by atoms with van der Waals surface area (Å²) in [6.07, 6.45) is 1.57. The van der Waals surface area contributed by atoms with Gasteiger partial charge in [0.05, 0.1) is 11.5 Å². The van der Waals surface area contributed by atoms with E-state index >= 15 is 0 Å². The lowest BCUT2D eigenvalue weighted by atomic mass is 10.2. The number of nitrogens with one attached hydrogen (secondary N) is 1. The lowest BCUT2D eigenvalue weighted by molar-refractivity contribution is -0.387. The number of hydrogen-bond acceptors (Lipinski definition) is 5. The topological polar surface area (TPSA) is 85.9 Å². The Morgan fingerprint density at radius 1 is 1.33 bits per heavy atom. The van der Waals surface area contributed by atoms with E-state index in [2.05, 4.69) is 15.5 Å². The van der Waals surface area contributed by atoms with Crippen LogP contribution in [-0.4, -0.2) is 19.7 Å². The molecule has 21 heavy (non-hydrogen) atoms. The van der Waals surface area contributed by atoms with Crippen LogP contribution < -0.4 is 5.32 Å². The van der Waals surface area contributed by atoms with Gasteiger partial charge in [0.1, 0.15) is 18.0 Å². The molecule has 7 nitrogen and oxygen atoms in total. The van der Waals surface area contributed by atoms with Crippen LogP contribution in [0.2, 0.25) is 0 Å². The average molecular weight is 297 g/mol. The molecule has 9 heteroatoms. The summed E-state index contributed by atoms with van der Waals surface area (Å²) in [6.45, 7) is 2.96. The predicted molar refractivity (Wildman–Crippen MR) is 69.3 cm³/mol. The van der Waals surface area contributed by atoms with Crippen molar-refractivity contribution >= 4 is 5.69 Å². The lowest BCUT2D eigenvalue weighted by Gasteiger charge is -2.07. The standard InChI is InChI=1S/C12H13F2N5O2/c1-2-18-7-16-17-12(18)6-15-5-8-3-11(19(20)21)10(14)4-9(8)13/h3-4,7,15H,2,5-6H2,1H3. The Morgan fingerprint density at radius 2 is 2.10 bits per heavy atom. The van der Waals surface area contributed by atoms with E-state index in [-0.39, 0.29) is 12.1 Å². The molecule has 0 aliphatic heterocycles. The Morgan fingerprint density at radius 3 is 2.76 bits per heavy atom. The van der Waals surface area contributed by atoms with Gasteiger partial charge in [-0.2, -0.15) is 4.39 Å². The van der Waals surface area contributed by atoms with Crippen LogP contribution in [0, 0.1) is 21.7 Å². The van der Waals surface area contributed by atoms with Gasteiger partial charge in [-0.1, -0.05) is 0 Å². The first-order valence-electron chi connectivity index (χ1n) is 6.22. The van der Waals surface area contributed by atoms with Gasteiger partial charge >= 0.3 is 5.69 Å². The lowest BCUT2D eigenvalue weighted by Crippen LogP contribution is -2.17. The van der Waals surface area contributed by atoms with Gasteiger partial charge < -0.3 is 9.88 Å². The van der Waals surface area contributed by atoms with E-state index in [1.165, 1.54) is 0 Å². The van der Waals surface area contributed by atoms with E-state index in [1.807, 2.05) is 6.92 Å². The van der Waals surface area contributed by atoms with Crippen LogP contribution >= 0.6 is 0 Å². The van der Waals surface area contributed by atoms with Crippen LogP contribution in [0.25, 0.3) is 0 Å². The minimum absolute atomic E-state index is 0.0174. The Balaban J connectivity index is 2.06. The molecule has 1 N–H and O–H groups in total. The zero-order valence-corrected chi connectivity index (χ0v) is 11.2. The quantitative estimate of drug-likeness (QED) is 0.648. The van der Waals surface area contributed by atoms with Crippen LogP contribution in [0.15, 0.2) is 18.5 Å². The van der Waals surface area contributed by atoms with Gasteiger partial charge in [-0.15, -0.1) is 10.2 Å². The molecule has 2 rings (SSSR count). The van der Waals surface area contributed by atoms with E-state index in [0.717, 1.165) is 6.07 Å². The minimum Gasteiger partial charge on any atom is -0.317 e. The molecule has 112 valence electrons. The van der Waals surface area contributed by atoms with Gasteiger partial charge in [-0.3, -0.25) is 10.1 Å². The fraction of sp³-hybridized carbons (Fsp3) is 0.333. The molecule has 0 atom stereocenters. The first-order chi connectivity index (χ1) is 10.0. The number of nitro groups is 1. The first-order valence-corrected chi connectivity index (χ1v) is 6.22. The molecule has 1 heterocycles. The minimum atomic E-state index is -1.19. The van der Waals surface area contributed by atoms with Gasteiger partial charge in [0.15, 0.2) is 0 Å². The molecule has 0 radical (unpaired) electrons. The molecule has 0 aliphatic carbocycles. The fourth-order valence-corrected chi connectivity index (χ4v) is 1.85. The molecule has 0 amide bonds. The van der Waals surface area contributed by atoms with Crippen molar-refractivity contribution < 1.29 is 13.7 Å². The summed E-state index contributed by atoms with van der Waals surface area (Å²) >= 11 is 0. The maximum atomic E-state index is 13.6. The zero-order valence-electron chi connectivity index (χ0n) is 11.2. The number of nitrogens with zero attached hydrogens (tertiary/aromatic N) is 4. The van der Waals surface area contributed by atoms with Gasteiger partial charge in [-0.25, -0.2) is 4.39 Å². The zero-order chi connectivity index (χ0) is 15.4. The van der Waals surface area contributed by atoms with E-state index < -0.39 is 22.2 Å². The number of rotatable bonds is 6. The first kappa shape index (κ1) is 15.0. The monoisotopic (exact) mass is 297 g/mol. The highest BCUT2D eigenvalue weighted by molar-refractivity contribution is 5.37. The summed E-state index contributed by atoms with van der Waals surface area (Å²) in [5, 5.41) is 21.2. The maximum Gasteiger partial charge on any atom is 0.305 e. The molecule has 0 spiro atoms. The Labute approximate surface area is 118 Å². The van der Waals surface area contributed by atoms with Gasteiger partial charge in [0, 0.05) is 30.8 Å². The van der Waals surface area contributed by atoms with Crippen molar-refractivity contribution in [3.63, 3.8) is 0 Å². The summed E-state index contributed by atoms with van der Waals surface area (Å²) in [5.74, 6) is -1.36. The molecule has 1 aromatic carbocycles. The molecule has 0 aliphatic rings. The van der Waals surface area contributed by atoms with Crippen LogP contribution in [0.5, 0.6) is 0 Å². The number of aromatic nitrogens is 3. The van der Waals surface area contributed by atoms with Crippen LogP contribution in [0.4, 0.5) is 14.5 Å². The predicted octanol–water partition coefficient (Wildman–Crippen LogP) is 1.77. The number of aryl methyl sites for hydroxylation is 1. The van der Waals surface area contributed by atoms with E-state index in [9.17, 15) is 18.9 Å². The number of hydrogen-bond donors (Lipinski definition) is 1. The number of halogens is 2. The van der Waals surface area contributed by atoms with Crippen LogP contribution in [0.1, 0.15) is 18.3 Å². The molecule has 0 fully saturated rings. The molecular weight excluding hydrogens is 284 g/mol. The van der Waals surface area contributed by atoms with Crippen LogP contribution in [-0.2, 0) is 19.6 Å². The Hall–Kier alpha value is -2.42. The number of benzene rings is 1. The van der Waals surface area contributed by atoms with Crippen molar-refractivity contribution in [1.29, 1.82) is 0 Å². The van der Waals surface area contributed by atoms with Crippen molar-refractivity contribution in [1.82, 2.24) is 20.1 Å². The third-order valence-electron chi connectivity index (χ3n) is 2.95. The Bertz CT molecular complexity index is 659. The molecule has 0 bridgehead atoms. The molecular formula is C12H13F2N5O2. The fourth-order valence-electron chi connectivity index (χ4n) is 1.85. The second-order valence-corrected chi connectivity index (χ2v) is 4.29. The van der Waals surface area contributed by atoms with Crippen molar-refractivity contribution in [2.75, 3.05) is 0 Å². The van der Waals surface area contributed by atoms with Crippen molar-refractivity contribution in [3.8, 4) is 0 Å². The van der Waals surface area contributed by atoms with Gasteiger partial charge in [0.2, 0.25) is 5.82 Å². The van der Waals surface area contributed by atoms with E-state index in [0.29, 0.717) is 25.0 Å². The summed E-state index contributed by atoms with van der Waals surface area (Å²) < 4.78 is 28.6. The van der Waals surface area contributed by atoms with Crippen molar-refractivity contribution in [2.24, 2.45) is 0 Å². The SMILES string of the molecule is CCn1cnnc1CNCc1cc([N+](=O)[O-])c(F)cc1F. The molecule has 0 unspecified atom stereocenters. The molecule has 2 aromatic rings. The third-order valence-corrected chi connectivity index (χ3v) is 2.95. The number of nitro benzene ring substituents is 1. The van der Waals surface area contributed by atoms with E-state index in [4.69, 9.17) is 0 Å². The molecule has 1 aromatic heterocycles. The van der Waals surface area contributed by atoms with E-state index in [1.54, 1.807) is 10.9 Å². The van der Waals surface area contributed by atoms with Gasteiger partial charge in [0.25, 0.3) is 0 Å². The highest BCUT2D eigenvalue weighted by atomic mass is 19.1. The van der Waals surface area contributed by atoms with Crippen molar-refractivity contribution in [3.05, 3.63) is 51.6 Å². The van der Waals surface area contributed by atoms with Gasteiger partial charge in [-0.05, 0) is 6.92 Å². The van der Waals surface area contributed by atoms with Crippen LogP contribution in [0.3, 0.4) is 0 Å². The Kier molecular flexibility index (Phi) is 4.53. The molecule has 0 saturated heterocycles. The average Bonchev–Trinajstić information content (AvgIpc) is 2.88. The summed E-state index contributed by atoms with van der Waals surface area (Å²) in [6, 6.07) is 1.41. The highest BCUT2D eigenvalue weighted by Gasteiger charge is 2.18. The second kappa shape index (κ2) is 6.35. The normalized spacial score (nSPS) is 10.8. The largest absolute Gasteiger partial charge is 0.317 e. The summed E-state index contributed by atoms with van der Waals surface area (Å²) in [4.78, 5) is 9.75. The second-order valence-electron chi connectivity index (χ2n) is 4.29. The highest BCUT2D eigenvalue weighted by Crippen LogP contribution is 2.21. The molecule has 0 saturated carbocycles. The maximum absolute atomic E-state index is 13.6.